The van der Waals surface area contributed by atoms with Crippen LogP contribution in [0.2, 0.25) is 0 Å². The maximum Gasteiger partial charge on any atom is 0.209 e. The molecule has 7 heteroatoms. The zero-order valence-corrected chi connectivity index (χ0v) is 12.4. The van der Waals surface area contributed by atoms with E-state index in [4.69, 9.17) is 0 Å². The van der Waals surface area contributed by atoms with Gasteiger partial charge in [-0.15, -0.1) is 5.10 Å². The molecule has 0 aliphatic heterocycles. The van der Waals surface area contributed by atoms with Crippen LogP contribution < -0.4 is 5.32 Å². The van der Waals surface area contributed by atoms with Gasteiger partial charge in [0.15, 0.2) is 0 Å². The summed E-state index contributed by atoms with van der Waals surface area (Å²) >= 11 is 1.68. The Hall–Kier alpha value is -1.13. The number of aryl methyl sites for hydroxylation is 1. The molecule has 2 rings (SSSR count). The van der Waals surface area contributed by atoms with E-state index in [2.05, 4.69) is 40.8 Å². The third-order valence-corrected chi connectivity index (χ3v) is 4.63. The van der Waals surface area contributed by atoms with E-state index in [-0.39, 0.29) is 0 Å². The van der Waals surface area contributed by atoms with Gasteiger partial charge in [-0.05, 0) is 50.0 Å². The Kier molecular flexibility index (Phi) is 4.42. The zero-order chi connectivity index (χ0) is 13.9. The number of nitriles is 1. The number of thioether (sulfide) groups is 1. The Morgan fingerprint density at radius 3 is 2.95 bits per heavy atom. The van der Waals surface area contributed by atoms with Gasteiger partial charge in [-0.2, -0.15) is 5.26 Å². The molecule has 0 aromatic carbocycles. The molecule has 1 aromatic heterocycles. The van der Waals surface area contributed by atoms with Gasteiger partial charge in [0.2, 0.25) is 5.16 Å². The highest BCUT2D eigenvalue weighted by Gasteiger charge is 2.37. The lowest BCUT2D eigenvalue weighted by Crippen LogP contribution is -2.51. The van der Waals surface area contributed by atoms with Crippen molar-refractivity contribution in [2.75, 3.05) is 0 Å². The average Bonchev–Trinajstić information content (AvgIpc) is 2.75. The molecule has 2 atom stereocenters. The van der Waals surface area contributed by atoms with Crippen LogP contribution in [0.25, 0.3) is 0 Å². The van der Waals surface area contributed by atoms with Crippen LogP contribution in [0.4, 0.5) is 0 Å². The number of nitrogens with zero attached hydrogens (tertiary/aromatic N) is 5. The minimum atomic E-state index is -0.393. The fourth-order valence-electron chi connectivity index (χ4n) is 2.61. The third-order valence-electron chi connectivity index (χ3n) is 3.34. The molecule has 1 aliphatic rings. The van der Waals surface area contributed by atoms with E-state index in [0.29, 0.717) is 11.3 Å². The molecule has 19 heavy (non-hydrogen) atoms. The molecule has 6 nitrogen and oxygen atoms in total. The quantitative estimate of drug-likeness (QED) is 0.900. The van der Waals surface area contributed by atoms with E-state index in [9.17, 15) is 5.26 Å². The third kappa shape index (κ3) is 3.45. The first-order valence-electron chi connectivity index (χ1n) is 6.62. The van der Waals surface area contributed by atoms with E-state index >= 15 is 0 Å². The maximum atomic E-state index is 9.52. The highest BCUT2D eigenvalue weighted by molar-refractivity contribution is 7.99. The van der Waals surface area contributed by atoms with Crippen LogP contribution in [0.3, 0.4) is 0 Å². The van der Waals surface area contributed by atoms with Gasteiger partial charge in [0.1, 0.15) is 5.54 Å². The highest BCUT2D eigenvalue weighted by Crippen LogP contribution is 2.37. The number of nitrogens with one attached hydrogen (secondary N) is 1. The predicted octanol–water partition coefficient (Wildman–Crippen LogP) is 1.51. The molecule has 1 N–H and O–H groups in total. The second kappa shape index (κ2) is 5.88. The molecule has 2 unspecified atom stereocenters. The van der Waals surface area contributed by atoms with Crippen molar-refractivity contribution in [1.29, 1.82) is 5.26 Å². The molecule has 1 aromatic rings. The van der Waals surface area contributed by atoms with Crippen molar-refractivity contribution >= 4 is 11.8 Å². The van der Waals surface area contributed by atoms with Crippen LogP contribution in [0.5, 0.6) is 0 Å². The number of hydrogen-bond acceptors (Lipinski definition) is 6. The summed E-state index contributed by atoms with van der Waals surface area (Å²) in [6, 6.07) is 2.81. The normalized spacial score (nSPS) is 27.4. The molecule has 0 amide bonds. The van der Waals surface area contributed by atoms with E-state index in [1.54, 1.807) is 16.4 Å². The van der Waals surface area contributed by atoms with Crippen LogP contribution in [-0.2, 0) is 7.05 Å². The fraction of sp³-hybridized carbons (Fsp3) is 0.833. The number of hydrogen-bond donors (Lipinski definition) is 1. The second-order valence-corrected chi connectivity index (χ2v) is 6.68. The van der Waals surface area contributed by atoms with E-state index in [1.165, 1.54) is 0 Å². The number of aromatic nitrogens is 4. The molecule has 1 heterocycles. The van der Waals surface area contributed by atoms with Crippen molar-refractivity contribution < 1.29 is 0 Å². The van der Waals surface area contributed by atoms with Crippen molar-refractivity contribution in [3.05, 3.63) is 0 Å². The molecule has 0 radical (unpaired) electrons. The SMILES string of the molecule is CC(C)NC1(C#N)CCCC(Sc2nnnn2C)C1. The van der Waals surface area contributed by atoms with E-state index < -0.39 is 5.54 Å². The van der Waals surface area contributed by atoms with Crippen molar-refractivity contribution in [1.82, 2.24) is 25.5 Å². The molecule has 104 valence electrons. The highest BCUT2D eigenvalue weighted by atomic mass is 32.2. The maximum absolute atomic E-state index is 9.52. The summed E-state index contributed by atoms with van der Waals surface area (Å²) in [5, 5.41) is 25.7. The average molecular weight is 280 g/mol. The van der Waals surface area contributed by atoms with Gasteiger partial charge in [0.05, 0.1) is 6.07 Å². The van der Waals surface area contributed by atoms with Crippen molar-refractivity contribution in [2.24, 2.45) is 7.05 Å². The lowest BCUT2D eigenvalue weighted by Gasteiger charge is -2.37. The van der Waals surface area contributed by atoms with Gasteiger partial charge in [-0.1, -0.05) is 11.8 Å². The Morgan fingerprint density at radius 2 is 2.37 bits per heavy atom. The summed E-state index contributed by atoms with van der Waals surface area (Å²) in [4.78, 5) is 0. The first-order chi connectivity index (χ1) is 9.04. The molecule has 1 fully saturated rings. The van der Waals surface area contributed by atoms with Crippen LogP contribution in [0.1, 0.15) is 39.5 Å². The summed E-state index contributed by atoms with van der Waals surface area (Å²) in [6.45, 7) is 4.17. The molecule has 0 saturated heterocycles. The van der Waals surface area contributed by atoms with E-state index in [1.807, 2.05) is 7.05 Å². The smallest absolute Gasteiger partial charge is 0.209 e. The lowest BCUT2D eigenvalue weighted by molar-refractivity contribution is 0.284. The Balaban J connectivity index is 2.04. The lowest BCUT2D eigenvalue weighted by atomic mass is 9.82. The molecular formula is C12H20N6S. The summed E-state index contributed by atoms with van der Waals surface area (Å²) in [7, 11) is 1.84. The van der Waals surface area contributed by atoms with Crippen molar-refractivity contribution in [3.63, 3.8) is 0 Å². The van der Waals surface area contributed by atoms with Gasteiger partial charge in [0.25, 0.3) is 0 Å². The largest absolute Gasteiger partial charge is 0.297 e. The number of rotatable bonds is 4. The Morgan fingerprint density at radius 1 is 1.58 bits per heavy atom. The van der Waals surface area contributed by atoms with Crippen molar-refractivity contribution in [3.8, 4) is 6.07 Å². The summed E-state index contributed by atoms with van der Waals surface area (Å²) in [5.41, 5.74) is -0.393. The number of tetrazole rings is 1. The molecule has 0 spiro atoms. The monoisotopic (exact) mass is 280 g/mol. The summed E-state index contributed by atoms with van der Waals surface area (Å²) in [5.74, 6) is 0. The van der Waals surface area contributed by atoms with Gasteiger partial charge in [-0.25, -0.2) is 4.68 Å². The summed E-state index contributed by atoms with van der Waals surface area (Å²) in [6.07, 6.45) is 3.95. The van der Waals surface area contributed by atoms with Crippen LogP contribution >= 0.6 is 11.8 Å². The molecule has 1 saturated carbocycles. The molecule has 1 aliphatic carbocycles. The zero-order valence-electron chi connectivity index (χ0n) is 11.6. The van der Waals surface area contributed by atoms with Crippen LogP contribution in [-0.4, -0.2) is 37.0 Å². The fourth-order valence-corrected chi connectivity index (χ4v) is 3.84. The van der Waals surface area contributed by atoms with Crippen LogP contribution in [0, 0.1) is 11.3 Å². The first kappa shape index (κ1) is 14.3. The van der Waals surface area contributed by atoms with E-state index in [0.717, 1.165) is 30.8 Å². The predicted molar refractivity (Wildman–Crippen MR) is 73.5 cm³/mol. The molecule has 0 bridgehead atoms. The Labute approximate surface area is 117 Å². The van der Waals surface area contributed by atoms with Gasteiger partial charge >= 0.3 is 0 Å². The standard InChI is InChI=1S/C12H20N6S/c1-9(2)14-12(8-13)6-4-5-10(7-12)19-11-15-16-17-18(11)3/h9-10,14H,4-7H2,1-3H3. The topological polar surface area (TPSA) is 79.4 Å². The summed E-state index contributed by atoms with van der Waals surface area (Å²) < 4.78 is 1.68. The second-order valence-electron chi connectivity index (χ2n) is 5.41. The van der Waals surface area contributed by atoms with Crippen LogP contribution in [0.15, 0.2) is 5.16 Å². The van der Waals surface area contributed by atoms with Gasteiger partial charge in [-0.3, -0.25) is 5.32 Å². The van der Waals surface area contributed by atoms with Gasteiger partial charge < -0.3 is 0 Å². The van der Waals surface area contributed by atoms with Gasteiger partial charge in [0, 0.05) is 18.3 Å². The minimum absolute atomic E-state index is 0.319. The first-order valence-corrected chi connectivity index (χ1v) is 7.50. The Bertz CT molecular complexity index is 465. The minimum Gasteiger partial charge on any atom is -0.297 e. The molecular weight excluding hydrogens is 260 g/mol. The van der Waals surface area contributed by atoms with Crippen molar-refractivity contribution in [2.45, 2.75) is 61.5 Å².